The number of pyridine rings is 1. The van der Waals surface area contributed by atoms with Gasteiger partial charge in [0.1, 0.15) is 11.6 Å². The number of hydrogen-bond donors (Lipinski definition) is 1. The van der Waals surface area contributed by atoms with Gasteiger partial charge >= 0.3 is 0 Å². The lowest BCUT2D eigenvalue weighted by Gasteiger charge is -2.33. The third-order valence-electron chi connectivity index (χ3n) is 3.87. The molecular formula is C16H23N3O. The van der Waals surface area contributed by atoms with E-state index in [9.17, 15) is 0 Å². The SMILES string of the molecule is COc1ccc2c(NCC(C)(C)N(C)C)nccc2c1. The molecule has 108 valence electrons. The maximum Gasteiger partial charge on any atom is 0.133 e. The highest BCUT2D eigenvalue weighted by Crippen LogP contribution is 2.25. The standard InChI is InChI=1S/C16H23N3O/c1-16(2,19(3)4)11-18-15-14-7-6-13(20-5)10-12(14)8-9-17-15/h6-10H,11H2,1-5H3,(H,17,18). The van der Waals surface area contributed by atoms with Crippen molar-refractivity contribution in [3.63, 3.8) is 0 Å². The van der Waals surface area contributed by atoms with E-state index >= 15 is 0 Å². The molecule has 4 nitrogen and oxygen atoms in total. The van der Waals surface area contributed by atoms with E-state index in [-0.39, 0.29) is 5.54 Å². The van der Waals surface area contributed by atoms with E-state index in [1.165, 1.54) is 0 Å². The van der Waals surface area contributed by atoms with Crippen molar-refractivity contribution < 1.29 is 4.74 Å². The second kappa shape index (κ2) is 5.67. The highest BCUT2D eigenvalue weighted by atomic mass is 16.5. The topological polar surface area (TPSA) is 37.4 Å². The molecule has 1 aromatic heterocycles. The number of nitrogens with one attached hydrogen (secondary N) is 1. The Labute approximate surface area is 120 Å². The number of hydrogen-bond acceptors (Lipinski definition) is 4. The van der Waals surface area contributed by atoms with Crippen LogP contribution in [0.4, 0.5) is 5.82 Å². The summed E-state index contributed by atoms with van der Waals surface area (Å²) in [6, 6.07) is 8.04. The average molecular weight is 273 g/mol. The van der Waals surface area contributed by atoms with Crippen LogP contribution in [0.2, 0.25) is 0 Å². The molecule has 2 aromatic rings. The lowest BCUT2D eigenvalue weighted by Crippen LogP contribution is -2.44. The fraction of sp³-hybridized carbons (Fsp3) is 0.438. The van der Waals surface area contributed by atoms with Gasteiger partial charge in [-0.3, -0.25) is 0 Å². The van der Waals surface area contributed by atoms with E-state index in [1.54, 1.807) is 7.11 Å². The summed E-state index contributed by atoms with van der Waals surface area (Å²) in [5.74, 6) is 1.78. The molecular weight excluding hydrogens is 250 g/mol. The van der Waals surface area contributed by atoms with Gasteiger partial charge in [-0.05, 0) is 57.6 Å². The summed E-state index contributed by atoms with van der Waals surface area (Å²) in [5.41, 5.74) is 0.0658. The van der Waals surface area contributed by atoms with Crippen LogP contribution in [0.3, 0.4) is 0 Å². The minimum atomic E-state index is 0.0658. The summed E-state index contributed by atoms with van der Waals surface area (Å²) < 4.78 is 5.26. The minimum Gasteiger partial charge on any atom is -0.497 e. The molecule has 1 heterocycles. The van der Waals surface area contributed by atoms with E-state index in [0.717, 1.165) is 28.9 Å². The van der Waals surface area contributed by atoms with Gasteiger partial charge in [0.15, 0.2) is 0 Å². The first kappa shape index (κ1) is 14.6. The van der Waals surface area contributed by atoms with Crippen molar-refractivity contribution in [3.05, 3.63) is 30.5 Å². The van der Waals surface area contributed by atoms with Gasteiger partial charge in [0, 0.05) is 23.7 Å². The maximum absolute atomic E-state index is 5.26. The van der Waals surface area contributed by atoms with Crippen LogP contribution in [0.1, 0.15) is 13.8 Å². The summed E-state index contributed by atoms with van der Waals surface area (Å²) in [6.07, 6.45) is 1.83. The van der Waals surface area contributed by atoms with Crippen LogP contribution in [0.15, 0.2) is 30.5 Å². The van der Waals surface area contributed by atoms with E-state index in [2.05, 4.69) is 43.1 Å². The van der Waals surface area contributed by atoms with Gasteiger partial charge in [0.2, 0.25) is 0 Å². The highest BCUT2D eigenvalue weighted by Gasteiger charge is 2.20. The Balaban J connectivity index is 2.27. The number of ether oxygens (including phenoxy) is 1. The molecule has 0 aliphatic rings. The maximum atomic E-state index is 5.26. The number of likely N-dealkylation sites (N-methyl/N-ethyl adjacent to an activating group) is 1. The number of rotatable bonds is 5. The second-order valence-electron chi connectivity index (χ2n) is 5.81. The predicted octanol–water partition coefficient (Wildman–Crippen LogP) is 3.00. The van der Waals surface area contributed by atoms with Crippen LogP contribution in [0.25, 0.3) is 10.8 Å². The first-order valence-electron chi connectivity index (χ1n) is 6.78. The minimum absolute atomic E-state index is 0.0658. The van der Waals surface area contributed by atoms with Crippen molar-refractivity contribution >= 4 is 16.6 Å². The zero-order chi connectivity index (χ0) is 14.8. The number of fused-ring (bicyclic) bond motifs is 1. The Hall–Kier alpha value is -1.81. The molecule has 4 heteroatoms. The van der Waals surface area contributed by atoms with Crippen molar-refractivity contribution in [2.24, 2.45) is 0 Å². The molecule has 1 aromatic carbocycles. The molecule has 0 saturated heterocycles. The molecule has 0 radical (unpaired) electrons. The Kier molecular flexibility index (Phi) is 4.14. The Morgan fingerprint density at radius 2 is 2.00 bits per heavy atom. The third-order valence-corrected chi connectivity index (χ3v) is 3.87. The normalized spacial score (nSPS) is 11.9. The van der Waals surface area contributed by atoms with Crippen molar-refractivity contribution in [3.8, 4) is 5.75 Å². The van der Waals surface area contributed by atoms with E-state index in [1.807, 2.05) is 30.5 Å². The molecule has 0 spiro atoms. The van der Waals surface area contributed by atoms with Crippen LogP contribution in [-0.4, -0.2) is 43.2 Å². The predicted molar refractivity (Wildman–Crippen MR) is 84.6 cm³/mol. The van der Waals surface area contributed by atoms with Crippen molar-refractivity contribution in [1.29, 1.82) is 0 Å². The van der Waals surface area contributed by atoms with Gasteiger partial charge in [0.05, 0.1) is 7.11 Å². The summed E-state index contributed by atoms with van der Waals surface area (Å²) in [4.78, 5) is 6.66. The number of anilines is 1. The first-order chi connectivity index (χ1) is 9.44. The summed E-state index contributed by atoms with van der Waals surface area (Å²) in [7, 11) is 5.85. The van der Waals surface area contributed by atoms with Gasteiger partial charge in [0.25, 0.3) is 0 Å². The molecule has 0 unspecified atom stereocenters. The van der Waals surface area contributed by atoms with Crippen LogP contribution >= 0.6 is 0 Å². The first-order valence-corrected chi connectivity index (χ1v) is 6.78. The molecule has 0 saturated carbocycles. The smallest absolute Gasteiger partial charge is 0.133 e. The summed E-state index contributed by atoms with van der Waals surface area (Å²) >= 11 is 0. The third kappa shape index (κ3) is 3.02. The molecule has 0 amide bonds. The Morgan fingerprint density at radius 1 is 1.25 bits per heavy atom. The molecule has 2 rings (SSSR count). The monoisotopic (exact) mass is 273 g/mol. The van der Waals surface area contributed by atoms with Gasteiger partial charge in [-0.1, -0.05) is 0 Å². The molecule has 0 aliphatic heterocycles. The van der Waals surface area contributed by atoms with Gasteiger partial charge in [-0.15, -0.1) is 0 Å². The van der Waals surface area contributed by atoms with Crippen molar-refractivity contribution in [1.82, 2.24) is 9.88 Å². The molecule has 0 aliphatic carbocycles. The second-order valence-corrected chi connectivity index (χ2v) is 5.81. The summed E-state index contributed by atoms with van der Waals surface area (Å²) in [5, 5.41) is 5.70. The molecule has 0 atom stereocenters. The highest BCUT2D eigenvalue weighted by molar-refractivity contribution is 5.92. The summed E-state index contributed by atoms with van der Waals surface area (Å²) in [6.45, 7) is 5.24. The largest absolute Gasteiger partial charge is 0.497 e. The number of methoxy groups -OCH3 is 1. The van der Waals surface area contributed by atoms with Crippen molar-refractivity contribution in [2.75, 3.05) is 33.1 Å². The zero-order valence-corrected chi connectivity index (χ0v) is 12.9. The fourth-order valence-corrected chi connectivity index (χ4v) is 1.88. The zero-order valence-electron chi connectivity index (χ0n) is 12.9. The molecule has 20 heavy (non-hydrogen) atoms. The van der Waals surface area contributed by atoms with E-state index < -0.39 is 0 Å². The molecule has 1 N–H and O–H groups in total. The Bertz CT molecular complexity index is 593. The lowest BCUT2D eigenvalue weighted by molar-refractivity contribution is 0.210. The number of nitrogens with zero attached hydrogens (tertiary/aromatic N) is 2. The van der Waals surface area contributed by atoms with Crippen LogP contribution in [-0.2, 0) is 0 Å². The van der Waals surface area contributed by atoms with Crippen molar-refractivity contribution in [2.45, 2.75) is 19.4 Å². The lowest BCUT2D eigenvalue weighted by atomic mass is 10.0. The molecule has 0 bridgehead atoms. The number of aromatic nitrogens is 1. The van der Waals surface area contributed by atoms with Crippen LogP contribution in [0, 0.1) is 0 Å². The van der Waals surface area contributed by atoms with Crippen LogP contribution < -0.4 is 10.1 Å². The Morgan fingerprint density at radius 3 is 2.65 bits per heavy atom. The van der Waals surface area contributed by atoms with Crippen LogP contribution in [0.5, 0.6) is 5.75 Å². The fourth-order valence-electron chi connectivity index (χ4n) is 1.88. The quantitative estimate of drug-likeness (QED) is 0.908. The van der Waals surface area contributed by atoms with Gasteiger partial charge < -0.3 is 15.0 Å². The van der Waals surface area contributed by atoms with Gasteiger partial charge in [-0.25, -0.2) is 4.98 Å². The van der Waals surface area contributed by atoms with E-state index in [4.69, 9.17) is 4.74 Å². The average Bonchev–Trinajstić information content (AvgIpc) is 2.44. The number of benzene rings is 1. The molecule has 0 fully saturated rings. The van der Waals surface area contributed by atoms with Gasteiger partial charge in [-0.2, -0.15) is 0 Å². The van der Waals surface area contributed by atoms with E-state index in [0.29, 0.717) is 0 Å².